The van der Waals surface area contributed by atoms with Crippen LogP contribution in [0.15, 0.2) is 23.3 Å². The van der Waals surface area contributed by atoms with Crippen LogP contribution in [0.1, 0.15) is 26.7 Å². The van der Waals surface area contributed by atoms with Crippen molar-refractivity contribution in [1.29, 1.82) is 0 Å². The Balaban J connectivity index is 2.88. The molecule has 0 N–H and O–H groups in total. The molecule has 1 heteroatoms. The van der Waals surface area contributed by atoms with Gasteiger partial charge in [0.15, 0.2) is 5.78 Å². The van der Waals surface area contributed by atoms with Crippen LogP contribution in [0.2, 0.25) is 0 Å². The van der Waals surface area contributed by atoms with Crippen molar-refractivity contribution >= 4 is 5.78 Å². The van der Waals surface area contributed by atoms with E-state index in [4.69, 9.17) is 0 Å². The Kier molecular flexibility index (Phi) is 2.05. The van der Waals surface area contributed by atoms with Gasteiger partial charge in [-0.2, -0.15) is 0 Å². The average Bonchev–Trinajstić information content (AvgIpc) is 2.30. The molecule has 1 aliphatic rings. The lowest BCUT2D eigenvalue weighted by Crippen LogP contribution is -1.93. The van der Waals surface area contributed by atoms with Gasteiger partial charge in [-0.1, -0.05) is 12.2 Å². The van der Waals surface area contributed by atoms with E-state index in [1.165, 1.54) is 0 Å². The van der Waals surface area contributed by atoms with E-state index in [-0.39, 0.29) is 5.78 Å². The molecule has 0 bridgehead atoms. The van der Waals surface area contributed by atoms with Crippen molar-refractivity contribution < 1.29 is 4.79 Å². The lowest BCUT2D eigenvalue weighted by molar-refractivity contribution is -0.111. The SMILES string of the molecule is C/C=C1\CC/C(=C\C)C1=O. The average molecular weight is 136 g/mol. The maximum Gasteiger partial charge on any atom is 0.184 e. The summed E-state index contributed by atoms with van der Waals surface area (Å²) in [5, 5.41) is 0. The lowest BCUT2D eigenvalue weighted by atomic mass is 10.2. The predicted octanol–water partition coefficient (Wildman–Crippen LogP) is 2.24. The molecule has 1 nitrogen and oxygen atoms in total. The molecular weight excluding hydrogens is 124 g/mol. The number of carbonyl (C=O) groups excluding carboxylic acids is 1. The first-order valence-electron chi connectivity index (χ1n) is 3.64. The molecule has 0 saturated heterocycles. The van der Waals surface area contributed by atoms with E-state index in [0.29, 0.717) is 0 Å². The fourth-order valence-corrected chi connectivity index (χ4v) is 1.25. The monoisotopic (exact) mass is 136 g/mol. The molecule has 54 valence electrons. The Morgan fingerprint density at radius 2 is 1.50 bits per heavy atom. The third kappa shape index (κ3) is 1.04. The van der Waals surface area contributed by atoms with Gasteiger partial charge in [-0.05, 0) is 37.8 Å². The molecule has 0 aromatic carbocycles. The molecule has 0 aromatic rings. The van der Waals surface area contributed by atoms with Gasteiger partial charge in [-0.3, -0.25) is 4.79 Å². The van der Waals surface area contributed by atoms with Gasteiger partial charge >= 0.3 is 0 Å². The second-order valence-corrected chi connectivity index (χ2v) is 2.46. The molecule has 0 aliphatic heterocycles. The van der Waals surface area contributed by atoms with Crippen LogP contribution in [-0.2, 0) is 4.79 Å². The van der Waals surface area contributed by atoms with Crippen LogP contribution in [0.4, 0.5) is 0 Å². The number of ketones is 1. The van der Waals surface area contributed by atoms with Crippen LogP contribution in [0.5, 0.6) is 0 Å². The number of allylic oxidation sites excluding steroid dienone is 4. The van der Waals surface area contributed by atoms with E-state index in [1.807, 2.05) is 26.0 Å². The molecule has 0 atom stereocenters. The highest BCUT2D eigenvalue weighted by molar-refractivity contribution is 6.10. The maximum atomic E-state index is 11.2. The lowest BCUT2D eigenvalue weighted by Gasteiger charge is -1.89. The van der Waals surface area contributed by atoms with Crippen LogP contribution in [0.25, 0.3) is 0 Å². The first-order chi connectivity index (χ1) is 4.79. The van der Waals surface area contributed by atoms with E-state index in [0.717, 1.165) is 24.0 Å². The van der Waals surface area contributed by atoms with Crippen molar-refractivity contribution in [2.75, 3.05) is 0 Å². The molecule has 1 rings (SSSR count). The third-order valence-electron chi connectivity index (χ3n) is 1.94. The smallest absolute Gasteiger partial charge is 0.184 e. The minimum Gasteiger partial charge on any atom is -0.289 e. The summed E-state index contributed by atoms with van der Waals surface area (Å²) in [5.41, 5.74) is 1.96. The Morgan fingerprint density at radius 3 is 1.70 bits per heavy atom. The van der Waals surface area contributed by atoms with Crippen molar-refractivity contribution in [3.05, 3.63) is 23.3 Å². The summed E-state index contributed by atoms with van der Waals surface area (Å²) in [5.74, 6) is 0.255. The van der Waals surface area contributed by atoms with E-state index in [2.05, 4.69) is 0 Å². The summed E-state index contributed by atoms with van der Waals surface area (Å²) >= 11 is 0. The number of carbonyl (C=O) groups is 1. The van der Waals surface area contributed by atoms with Gasteiger partial charge in [0.2, 0.25) is 0 Å². The van der Waals surface area contributed by atoms with Gasteiger partial charge in [0, 0.05) is 0 Å². The van der Waals surface area contributed by atoms with Gasteiger partial charge in [0.1, 0.15) is 0 Å². The second-order valence-electron chi connectivity index (χ2n) is 2.46. The zero-order valence-electron chi connectivity index (χ0n) is 6.48. The topological polar surface area (TPSA) is 17.1 Å². The summed E-state index contributed by atoms with van der Waals surface area (Å²) in [7, 11) is 0. The Morgan fingerprint density at radius 1 is 1.10 bits per heavy atom. The molecular formula is C9H12O. The summed E-state index contributed by atoms with van der Waals surface area (Å²) < 4.78 is 0. The van der Waals surface area contributed by atoms with Crippen LogP contribution in [0.3, 0.4) is 0 Å². The summed E-state index contributed by atoms with van der Waals surface area (Å²) in [6.07, 6.45) is 5.71. The molecule has 0 unspecified atom stereocenters. The molecule has 0 heterocycles. The van der Waals surface area contributed by atoms with Crippen LogP contribution >= 0.6 is 0 Å². The zero-order valence-corrected chi connectivity index (χ0v) is 6.48. The molecule has 1 fully saturated rings. The van der Waals surface area contributed by atoms with Crippen molar-refractivity contribution in [2.24, 2.45) is 0 Å². The maximum absolute atomic E-state index is 11.2. The predicted molar refractivity (Wildman–Crippen MR) is 41.8 cm³/mol. The molecule has 0 radical (unpaired) electrons. The fourth-order valence-electron chi connectivity index (χ4n) is 1.25. The standard InChI is InChI=1S/C9H12O/c1-3-7-5-6-8(4-2)9(7)10/h3-4H,5-6H2,1-2H3/b7-3+,8-4+. The van der Waals surface area contributed by atoms with E-state index >= 15 is 0 Å². The van der Waals surface area contributed by atoms with Crippen LogP contribution < -0.4 is 0 Å². The molecule has 10 heavy (non-hydrogen) atoms. The van der Waals surface area contributed by atoms with Gasteiger partial charge in [0.25, 0.3) is 0 Å². The normalized spacial score (nSPS) is 26.8. The minimum atomic E-state index is 0.255. The van der Waals surface area contributed by atoms with Crippen molar-refractivity contribution in [1.82, 2.24) is 0 Å². The number of hydrogen-bond donors (Lipinski definition) is 0. The number of rotatable bonds is 0. The summed E-state index contributed by atoms with van der Waals surface area (Å²) in [6.45, 7) is 3.84. The van der Waals surface area contributed by atoms with Crippen molar-refractivity contribution in [3.63, 3.8) is 0 Å². The highest BCUT2D eigenvalue weighted by Crippen LogP contribution is 2.25. The summed E-state index contributed by atoms with van der Waals surface area (Å²) in [4.78, 5) is 11.2. The highest BCUT2D eigenvalue weighted by atomic mass is 16.1. The van der Waals surface area contributed by atoms with Crippen LogP contribution in [-0.4, -0.2) is 5.78 Å². The molecule has 0 aromatic heterocycles. The Labute approximate surface area is 61.4 Å². The Bertz CT molecular complexity index is 187. The Hall–Kier alpha value is -0.850. The number of hydrogen-bond acceptors (Lipinski definition) is 1. The summed E-state index contributed by atoms with van der Waals surface area (Å²) in [6, 6.07) is 0. The van der Waals surface area contributed by atoms with Crippen LogP contribution in [0, 0.1) is 0 Å². The first kappa shape index (κ1) is 7.26. The molecule has 0 amide bonds. The van der Waals surface area contributed by atoms with Gasteiger partial charge in [0.05, 0.1) is 0 Å². The van der Waals surface area contributed by atoms with E-state index in [9.17, 15) is 4.79 Å². The van der Waals surface area contributed by atoms with Crippen molar-refractivity contribution in [3.8, 4) is 0 Å². The second kappa shape index (κ2) is 2.82. The minimum absolute atomic E-state index is 0.255. The van der Waals surface area contributed by atoms with Crippen molar-refractivity contribution in [2.45, 2.75) is 26.7 Å². The fraction of sp³-hybridized carbons (Fsp3) is 0.444. The van der Waals surface area contributed by atoms with Gasteiger partial charge in [-0.15, -0.1) is 0 Å². The molecule has 1 aliphatic carbocycles. The largest absolute Gasteiger partial charge is 0.289 e. The van der Waals surface area contributed by atoms with E-state index in [1.54, 1.807) is 0 Å². The quantitative estimate of drug-likeness (QED) is 0.467. The van der Waals surface area contributed by atoms with Gasteiger partial charge < -0.3 is 0 Å². The number of Topliss-reactive ketones (excluding diaryl/α,β-unsaturated/α-hetero) is 1. The van der Waals surface area contributed by atoms with E-state index < -0.39 is 0 Å². The van der Waals surface area contributed by atoms with Gasteiger partial charge in [-0.25, -0.2) is 0 Å². The highest BCUT2D eigenvalue weighted by Gasteiger charge is 2.20. The third-order valence-corrected chi connectivity index (χ3v) is 1.94. The molecule has 0 spiro atoms. The zero-order chi connectivity index (χ0) is 7.56. The first-order valence-corrected chi connectivity index (χ1v) is 3.64. The molecule has 1 saturated carbocycles.